The number of nitrogens with zero attached hydrogens (tertiary/aromatic N) is 1. The number of amides is 1. The summed E-state index contributed by atoms with van der Waals surface area (Å²) in [6, 6.07) is 0. The second-order valence-electron chi connectivity index (χ2n) is 4.89. The Kier molecular flexibility index (Phi) is 6.80. The Morgan fingerprint density at radius 3 is 2.24 bits per heavy atom. The number of likely N-dealkylation sites (N-methyl/N-ethyl adjacent to an activating group) is 1. The molecule has 0 aromatic rings. The Balaban J connectivity index is 3.87. The smallest absolute Gasteiger partial charge is 0.306 e. The fraction of sp³-hybridized carbons (Fsp3) is 0.833. The third-order valence-corrected chi connectivity index (χ3v) is 2.02. The minimum absolute atomic E-state index is 0.0760. The summed E-state index contributed by atoms with van der Waals surface area (Å²) in [6.45, 7) is 6.44. The number of hydrogen-bond acceptors (Lipinski definition) is 4. The largest absolute Gasteiger partial charge is 0.460 e. The summed E-state index contributed by atoms with van der Waals surface area (Å²) in [5, 5.41) is 0. The van der Waals surface area contributed by atoms with E-state index in [9.17, 15) is 9.59 Å². The van der Waals surface area contributed by atoms with Crippen molar-refractivity contribution in [2.75, 3.05) is 27.3 Å². The number of esters is 1. The van der Waals surface area contributed by atoms with Gasteiger partial charge in [-0.3, -0.25) is 9.59 Å². The highest BCUT2D eigenvalue weighted by molar-refractivity contribution is 5.81. The molecule has 0 aliphatic rings. The maximum atomic E-state index is 11.6. The summed E-state index contributed by atoms with van der Waals surface area (Å²) in [4.78, 5) is 24.5. The normalized spacial score (nSPS) is 11.1. The number of methoxy groups -OCH3 is 1. The lowest BCUT2D eigenvalue weighted by Crippen LogP contribution is -2.31. The fourth-order valence-corrected chi connectivity index (χ4v) is 1.15. The maximum Gasteiger partial charge on any atom is 0.306 e. The van der Waals surface area contributed by atoms with Crippen LogP contribution in [0.5, 0.6) is 0 Å². The van der Waals surface area contributed by atoms with Crippen LogP contribution in [-0.4, -0.2) is 49.7 Å². The van der Waals surface area contributed by atoms with E-state index in [1.54, 1.807) is 39.8 Å². The molecule has 0 heterocycles. The molecule has 100 valence electrons. The van der Waals surface area contributed by atoms with Crippen molar-refractivity contribution in [3.8, 4) is 0 Å². The van der Waals surface area contributed by atoms with Crippen molar-refractivity contribution in [1.82, 2.24) is 4.90 Å². The first-order valence-electron chi connectivity index (χ1n) is 5.71. The second kappa shape index (κ2) is 7.27. The van der Waals surface area contributed by atoms with Crippen LogP contribution in [0.15, 0.2) is 0 Å². The number of hydrogen-bond donors (Lipinski definition) is 0. The van der Waals surface area contributed by atoms with Crippen molar-refractivity contribution >= 4 is 11.9 Å². The average molecular weight is 245 g/mol. The second-order valence-corrected chi connectivity index (χ2v) is 4.89. The first kappa shape index (κ1) is 15.9. The van der Waals surface area contributed by atoms with Gasteiger partial charge in [-0.05, 0) is 20.8 Å². The number of carbonyl (C=O) groups excluding carboxylic acids is 2. The lowest BCUT2D eigenvalue weighted by atomic mass is 10.2. The van der Waals surface area contributed by atoms with Crippen LogP contribution in [0.4, 0.5) is 0 Å². The lowest BCUT2D eigenvalue weighted by molar-refractivity contribution is -0.156. The van der Waals surface area contributed by atoms with E-state index in [4.69, 9.17) is 9.47 Å². The number of ether oxygens (including phenoxy) is 2. The molecule has 1 amide bonds. The molecule has 0 unspecified atom stereocenters. The topological polar surface area (TPSA) is 55.8 Å². The monoisotopic (exact) mass is 245 g/mol. The fourth-order valence-electron chi connectivity index (χ4n) is 1.15. The Hall–Kier alpha value is -1.10. The van der Waals surface area contributed by atoms with Crippen LogP contribution in [0.2, 0.25) is 0 Å². The van der Waals surface area contributed by atoms with Crippen LogP contribution in [0.25, 0.3) is 0 Å². The molecular weight excluding hydrogens is 222 g/mol. The molecular formula is C12H23NO4. The Morgan fingerprint density at radius 2 is 1.76 bits per heavy atom. The summed E-state index contributed by atoms with van der Waals surface area (Å²) < 4.78 is 9.98. The summed E-state index contributed by atoms with van der Waals surface area (Å²) in [7, 11) is 3.27. The molecule has 5 heteroatoms. The third-order valence-electron chi connectivity index (χ3n) is 2.02. The minimum Gasteiger partial charge on any atom is -0.460 e. The van der Waals surface area contributed by atoms with Crippen molar-refractivity contribution in [3.63, 3.8) is 0 Å². The lowest BCUT2D eigenvalue weighted by Gasteiger charge is -2.20. The minimum atomic E-state index is -0.498. The van der Waals surface area contributed by atoms with Crippen molar-refractivity contribution in [1.29, 1.82) is 0 Å². The van der Waals surface area contributed by atoms with Gasteiger partial charge in [-0.2, -0.15) is 0 Å². The van der Waals surface area contributed by atoms with E-state index in [1.165, 1.54) is 0 Å². The molecule has 0 N–H and O–H groups in total. The highest BCUT2D eigenvalue weighted by Crippen LogP contribution is 2.09. The highest BCUT2D eigenvalue weighted by atomic mass is 16.6. The molecule has 0 aromatic carbocycles. The zero-order valence-corrected chi connectivity index (χ0v) is 11.4. The van der Waals surface area contributed by atoms with Gasteiger partial charge in [0.25, 0.3) is 0 Å². The van der Waals surface area contributed by atoms with Crippen molar-refractivity contribution in [2.45, 2.75) is 39.2 Å². The number of rotatable bonds is 6. The number of carbonyl (C=O) groups is 2. The molecule has 0 spiro atoms. The van der Waals surface area contributed by atoms with Gasteiger partial charge in [0, 0.05) is 27.1 Å². The average Bonchev–Trinajstić information content (AvgIpc) is 2.20. The molecule has 0 bridgehead atoms. The van der Waals surface area contributed by atoms with Gasteiger partial charge < -0.3 is 14.4 Å². The summed E-state index contributed by atoms with van der Waals surface area (Å²) >= 11 is 0. The van der Waals surface area contributed by atoms with Crippen molar-refractivity contribution < 1.29 is 19.1 Å². The van der Waals surface area contributed by atoms with Crippen LogP contribution >= 0.6 is 0 Å². The van der Waals surface area contributed by atoms with E-state index in [0.717, 1.165) is 0 Å². The van der Waals surface area contributed by atoms with Crippen LogP contribution in [-0.2, 0) is 19.1 Å². The van der Waals surface area contributed by atoms with E-state index < -0.39 is 5.60 Å². The van der Waals surface area contributed by atoms with Gasteiger partial charge in [-0.1, -0.05) is 0 Å². The first-order valence-corrected chi connectivity index (χ1v) is 5.71. The van der Waals surface area contributed by atoms with Gasteiger partial charge in [-0.25, -0.2) is 0 Å². The molecule has 17 heavy (non-hydrogen) atoms. The SMILES string of the molecule is COCCN(C)C(=O)CCC(=O)OC(C)(C)C. The Morgan fingerprint density at radius 1 is 1.18 bits per heavy atom. The molecule has 0 rings (SSSR count). The highest BCUT2D eigenvalue weighted by Gasteiger charge is 2.18. The zero-order chi connectivity index (χ0) is 13.5. The first-order chi connectivity index (χ1) is 7.76. The Bertz CT molecular complexity index is 258. The van der Waals surface area contributed by atoms with Gasteiger partial charge >= 0.3 is 5.97 Å². The maximum absolute atomic E-state index is 11.6. The van der Waals surface area contributed by atoms with Gasteiger partial charge in [0.1, 0.15) is 5.60 Å². The summed E-state index contributed by atoms with van der Waals surface area (Å²) in [6.07, 6.45) is 0.294. The van der Waals surface area contributed by atoms with Crippen LogP contribution in [0.3, 0.4) is 0 Å². The van der Waals surface area contributed by atoms with E-state index >= 15 is 0 Å². The summed E-state index contributed by atoms with van der Waals surface area (Å²) in [5.41, 5.74) is -0.498. The van der Waals surface area contributed by atoms with E-state index in [-0.39, 0.29) is 24.7 Å². The predicted octanol–water partition coefficient (Wildman–Crippen LogP) is 1.21. The molecule has 0 saturated heterocycles. The molecule has 0 saturated carbocycles. The quantitative estimate of drug-likeness (QED) is 0.660. The van der Waals surface area contributed by atoms with E-state index in [0.29, 0.717) is 13.2 Å². The third kappa shape index (κ3) is 8.68. The molecule has 5 nitrogen and oxygen atoms in total. The molecule has 0 radical (unpaired) electrons. The van der Waals surface area contributed by atoms with Crippen LogP contribution in [0, 0.1) is 0 Å². The van der Waals surface area contributed by atoms with Gasteiger partial charge in [-0.15, -0.1) is 0 Å². The van der Waals surface area contributed by atoms with E-state index in [1.807, 2.05) is 0 Å². The standard InChI is InChI=1S/C12H23NO4/c1-12(2,3)17-11(15)7-6-10(14)13(4)8-9-16-5/h6-9H2,1-5H3. The molecule has 0 aliphatic carbocycles. The molecule has 0 fully saturated rings. The van der Waals surface area contributed by atoms with Gasteiger partial charge in [0.15, 0.2) is 0 Å². The summed E-state index contributed by atoms with van der Waals surface area (Å²) in [5.74, 6) is -0.418. The van der Waals surface area contributed by atoms with Crippen LogP contribution in [0.1, 0.15) is 33.6 Å². The van der Waals surface area contributed by atoms with Crippen molar-refractivity contribution in [3.05, 3.63) is 0 Å². The van der Waals surface area contributed by atoms with E-state index in [2.05, 4.69) is 0 Å². The Labute approximate surface area is 103 Å². The predicted molar refractivity (Wildman–Crippen MR) is 64.6 cm³/mol. The van der Waals surface area contributed by atoms with Gasteiger partial charge in [0.2, 0.25) is 5.91 Å². The molecule has 0 aliphatic heterocycles. The van der Waals surface area contributed by atoms with Crippen molar-refractivity contribution in [2.24, 2.45) is 0 Å². The molecule has 0 aromatic heterocycles. The zero-order valence-electron chi connectivity index (χ0n) is 11.4. The molecule has 0 atom stereocenters. The van der Waals surface area contributed by atoms with Gasteiger partial charge in [0.05, 0.1) is 13.0 Å². The van der Waals surface area contributed by atoms with Crippen LogP contribution < -0.4 is 0 Å².